The maximum Gasteiger partial charge on any atom is 0.306 e. The average molecular weight is 317 g/mol. The summed E-state index contributed by atoms with van der Waals surface area (Å²) in [6.07, 6.45) is 2.58. The fraction of sp³-hybridized carbons (Fsp3) is 0.579. The number of carbonyl (C=O) groups is 2. The minimum absolute atomic E-state index is 0.0332. The molecule has 1 aliphatic carbocycles. The second kappa shape index (κ2) is 8.14. The lowest BCUT2D eigenvalue weighted by atomic mass is 9.81. The standard InChI is InChI=1S/C19H27NO3/c1-13(2)17(14-6-4-3-5-7-14)12-20-18(21)15-8-10-16(11-9-15)19(22)23/h3-7,13,15-17H,8-12H2,1-2H3,(H,20,21)(H,22,23). The first-order valence-corrected chi connectivity index (χ1v) is 8.54. The highest BCUT2D eigenvalue weighted by Crippen LogP contribution is 2.29. The van der Waals surface area contributed by atoms with E-state index in [1.165, 1.54) is 5.56 Å². The van der Waals surface area contributed by atoms with Crippen molar-refractivity contribution in [1.29, 1.82) is 0 Å². The van der Waals surface area contributed by atoms with Crippen LogP contribution in [0, 0.1) is 17.8 Å². The molecule has 1 atom stereocenters. The fourth-order valence-corrected chi connectivity index (χ4v) is 3.40. The van der Waals surface area contributed by atoms with Crippen molar-refractivity contribution in [2.45, 2.75) is 45.4 Å². The predicted molar refractivity (Wildman–Crippen MR) is 90.1 cm³/mol. The molecular formula is C19H27NO3. The molecule has 0 radical (unpaired) electrons. The normalized spacial score (nSPS) is 22.6. The van der Waals surface area contributed by atoms with Crippen LogP contribution in [-0.2, 0) is 9.59 Å². The Bertz CT molecular complexity index is 519. The molecule has 1 saturated carbocycles. The number of benzene rings is 1. The minimum Gasteiger partial charge on any atom is -0.481 e. The van der Waals surface area contributed by atoms with Crippen molar-refractivity contribution in [2.24, 2.45) is 17.8 Å². The first kappa shape index (κ1) is 17.5. The van der Waals surface area contributed by atoms with Crippen molar-refractivity contribution in [3.8, 4) is 0 Å². The summed E-state index contributed by atoms with van der Waals surface area (Å²) >= 11 is 0. The topological polar surface area (TPSA) is 66.4 Å². The summed E-state index contributed by atoms with van der Waals surface area (Å²) in [5, 5.41) is 12.1. The second-order valence-corrected chi connectivity index (χ2v) is 6.89. The third-order valence-corrected chi connectivity index (χ3v) is 4.98. The maximum absolute atomic E-state index is 12.4. The zero-order valence-corrected chi connectivity index (χ0v) is 14.0. The van der Waals surface area contributed by atoms with Gasteiger partial charge >= 0.3 is 5.97 Å². The Labute approximate surface area is 138 Å². The number of amides is 1. The summed E-state index contributed by atoms with van der Waals surface area (Å²) in [5.74, 6) is -0.208. The summed E-state index contributed by atoms with van der Waals surface area (Å²) in [7, 11) is 0. The molecule has 23 heavy (non-hydrogen) atoms. The Morgan fingerprint density at radius 2 is 1.65 bits per heavy atom. The average Bonchev–Trinajstić information content (AvgIpc) is 2.55. The lowest BCUT2D eigenvalue weighted by Gasteiger charge is -2.27. The predicted octanol–water partition coefficient (Wildman–Crippen LogP) is 3.43. The van der Waals surface area contributed by atoms with E-state index in [9.17, 15) is 9.59 Å². The van der Waals surface area contributed by atoms with Gasteiger partial charge in [-0.1, -0.05) is 44.2 Å². The van der Waals surface area contributed by atoms with Crippen LogP contribution >= 0.6 is 0 Å². The van der Waals surface area contributed by atoms with Crippen molar-refractivity contribution in [2.75, 3.05) is 6.54 Å². The van der Waals surface area contributed by atoms with Crippen LogP contribution in [0.15, 0.2) is 30.3 Å². The number of carboxylic acid groups (broad SMARTS) is 1. The molecule has 0 spiro atoms. The molecule has 0 bridgehead atoms. The molecule has 1 aromatic rings. The molecule has 1 amide bonds. The smallest absolute Gasteiger partial charge is 0.306 e. The Morgan fingerprint density at radius 1 is 1.09 bits per heavy atom. The van der Waals surface area contributed by atoms with Crippen molar-refractivity contribution in [3.63, 3.8) is 0 Å². The second-order valence-electron chi connectivity index (χ2n) is 6.89. The Balaban J connectivity index is 1.87. The van der Waals surface area contributed by atoms with E-state index in [4.69, 9.17) is 5.11 Å². The van der Waals surface area contributed by atoms with Gasteiger partial charge in [-0.15, -0.1) is 0 Å². The van der Waals surface area contributed by atoms with Gasteiger partial charge in [0, 0.05) is 18.4 Å². The molecule has 4 heteroatoms. The molecule has 0 heterocycles. The highest BCUT2D eigenvalue weighted by atomic mass is 16.4. The third-order valence-electron chi connectivity index (χ3n) is 4.98. The summed E-state index contributed by atoms with van der Waals surface area (Å²) < 4.78 is 0. The van der Waals surface area contributed by atoms with Gasteiger partial charge in [0.25, 0.3) is 0 Å². The Morgan fingerprint density at radius 3 is 2.17 bits per heavy atom. The molecule has 0 saturated heterocycles. The van der Waals surface area contributed by atoms with Gasteiger partial charge in [-0.2, -0.15) is 0 Å². The van der Waals surface area contributed by atoms with E-state index < -0.39 is 5.97 Å². The number of hydrogen-bond donors (Lipinski definition) is 2. The SMILES string of the molecule is CC(C)C(CNC(=O)C1CCC(C(=O)O)CC1)c1ccccc1. The molecule has 0 aromatic heterocycles. The van der Waals surface area contributed by atoms with Gasteiger partial charge < -0.3 is 10.4 Å². The molecule has 1 aliphatic rings. The monoisotopic (exact) mass is 317 g/mol. The van der Waals surface area contributed by atoms with Gasteiger partial charge in [-0.3, -0.25) is 9.59 Å². The summed E-state index contributed by atoms with van der Waals surface area (Å²) in [6, 6.07) is 10.3. The molecule has 1 fully saturated rings. The molecule has 2 N–H and O–H groups in total. The summed E-state index contributed by atoms with van der Waals surface area (Å²) in [4.78, 5) is 23.4. The zero-order chi connectivity index (χ0) is 16.8. The molecule has 4 nitrogen and oxygen atoms in total. The minimum atomic E-state index is -0.729. The molecule has 126 valence electrons. The van der Waals surface area contributed by atoms with Gasteiger partial charge in [-0.05, 0) is 37.2 Å². The van der Waals surface area contributed by atoms with Crippen LogP contribution in [0.4, 0.5) is 0 Å². The number of aliphatic carboxylic acids is 1. The van der Waals surface area contributed by atoms with Crippen LogP contribution < -0.4 is 5.32 Å². The maximum atomic E-state index is 12.4. The first-order valence-electron chi connectivity index (χ1n) is 8.54. The summed E-state index contributed by atoms with van der Waals surface area (Å²) in [6.45, 7) is 4.98. The van der Waals surface area contributed by atoms with Gasteiger partial charge in [0.05, 0.1) is 5.92 Å². The Kier molecular flexibility index (Phi) is 6.20. The highest BCUT2D eigenvalue weighted by Gasteiger charge is 2.30. The number of rotatable bonds is 6. The van der Waals surface area contributed by atoms with E-state index >= 15 is 0 Å². The number of hydrogen-bond acceptors (Lipinski definition) is 2. The lowest BCUT2D eigenvalue weighted by molar-refractivity contribution is -0.144. The van der Waals surface area contributed by atoms with Crippen LogP contribution in [0.3, 0.4) is 0 Å². The number of carboxylic acids is 1. The van der Waals surface area contributed by atoms with Crippen molar-refractivity contribution in [3.05, 3.63) is 35.9 Å². The first-order chi connectivity index (χ1) is 11.0. The van der Waals surface area contributed by atoms with Crippen LogP contribution in [0.25, 0.3) is 0 Å². The van der Waals surface area contributed by atoms with Crippen molar-refractivity contribution in [1.82, 2.24) is 5.32 Å². The fourth-order valence-electron chi connectivity index (χ4n) is 3.40. The Hall–Kier alpha value is -1.84. The van der Waals surface area contributed by atoms with Gasteiger partial charge in [0.1, 0.15) is 0 Å². The zero-order valence-electron chi connectivity index (χ0n) is 14.0. The number of carbonyl (C=O) groups excluding carboxylic acids is 1. The van der Waals surface area contributed by atoms with E-state index in [1.807, 2.05) is 18.2 Å². The molecule has 1 unspecified atom stereocenters. The third kappa shape index (κ3) is 4.81. The van der Waals surface area contributed by atoms with E-state index in [0.29, 0.717) is 44.1 Å². The van der Waals surface area contributed by atoms with E-state index in [2.05, 4.69) is 31.3 Å². The molecular weight excluding hydrogens is 290 g/mol. The van der Waals surface area contributed by atoms with E-state index in [1.54, 1.807) is 0 Å². The molecule has 2 rings (SSSR count). The highest BCUT2D eigenvalue weighted by molar-refractivity contribution is 5.79. The largest absolute Gasteiger partial charge is 0.481 e. The van der Waals surface area contributed by atoms with Gasteiger partial charge in [0.15, 0.2) is 0 Å². The van der Waals surface area contributed by atoms with Gasteiger partial charge in [-0.25, -0.2) is 0 Å². The van der Waals surface area contributed by atoms with E-state index in [0.717, 1.165) is 0 Å². The van der Waals surface area contributed by atoms with Gasteiger partial charge in [0.2, 0.25) is 5.91 Å². The quantitative estimate of drug-likeness (QED) is 0.844. The van der Waals surface area contributed by atoms with Crippen LogP contribution in [0.2, 0.25) is 0 Å². The number of nitrogens with one attached hydrogen (secondary N) is 1. The van der Waals surface area contributed by atoms with E-state index in [-0.39, 0.29) is 17.7 Å². The van der Waals surface area contributed by atoms with Crippen molar-refractivity contribution >= 4 is 11.9 Å². The van der Waals surface area contributed by atoms with Crippen molar-refractivity contribution < 1.29 is 14.7 Å². The van der Waals surface area contributed by atoms with Crippen LogP contribution in [0.5, 0.6) is 0 Å². The molecule has 0 aliphatic heterocycles. The lowest BCUT2D eigenvalue weighted by Crippen LogP contribution is -2.37. The summed E-state index contributed by atoms with van der Waals surface area (Å²) in [5.41, 5.74) is 1.25. The van der Waals surface area contributed by atoms with Crippen LogP contribution in [0.1, 0.15) is 51.0 Å². The van der Waals surface area contributed by atoms with Crippen LogP contribution in [-0.4, -0.2) is 23.5 Å². The molecule has 1 aromatic carbocycles.